The number of amides is 1. The van der Waals surface area contributed by atoms with E-state index in [2.05, 4.69) is 10.2 Å². The molecule has 0 saturated heterocycles. The van der Waals surface area contributed by atoms with E-state index in [4.69, 9.17) is 0 Å². The highest BCUT2D eigenvalue weighted by atomic mass is 32.2. The van der Waals surface area contributed by atoms with Crippen LogP contribution in [-0.4, -0.2) is 25.0 Å². The SMILES string of the molecule is C/N=N/C(=O)CCSC. The summed E-state index contributed by atoms with van der Waals surface area (Å²) in [5.41, 5.74) is 0. The summed E-state index contributed by atoms with van der Waals surface area (Å²) in [4.78, 5) is 10.5. The first kappa shape index (κ1) is 8.62. The second kappa shape index (κ2) is 5.75. The summed E-state index contributed by atoms with van der Waals surface area (Å²) in [6.07, 6.45) is 2.45. The van der Waals surface area contributed by atoms with Crippen molar-refractivity contribution in [2.45, 2.75) is 6.42 Å². The number of rotatable bonds is 3. The number of nitrogens with zero attached hydrogens (tertiary/aromatic N) is 2. The highest BCUT2D eigenvalue weighted by molar-refractivity contribution is 7.98. The van der Waals surface area contributed by atoms with E-state index in [1.54, 1.807) is 11.8 Å². The molecule has 0 N–H and O–H groups in total. The van der Waals surface area contributed by atoms with E-state index < -0.39 is 0 Å². The number of hydrogen-bond acceptors (Lipinski definition) is 3. The Balaban J connectivity index is 3.27. The first-order valence-electron chi connectivity index (χ1n) is 2.63. The molecule has 0 aliphatic carbocycles. The summed E-state index contributed by atoms with van der Waals surface area (Å²) in [6, 6.07) is 0. The van der Waals surface area contributed by atoms with Crippen LogP contribution in [0.3, 0.4) is 0 Å². The molecular weight excluding hydrogens is 136 g/mol. The van der Waals surface area contributed by atoms with Crippen molar-refractivity contribution in [1.82, 2.24) is 0 Å². The molecule has 0 unspecified atom stereocenters. The fourth-order valence-corrected chi connectivity index (χ4v) is 0.730. The van der Waals surface area contributed by atoms with E-state index in [-0.39, 0.29) is 5.91 Å². The zero-order valence-corrected chi connectivity index (χ0v) is 6.44. The summed E-state index contributed by atoms with van der Waals surface area (Å²) in [5, 5.41) is 6.69. The first-order chi connectivity index (χ1) is 4.31. The van der Waals surface area contributed by atoms with Crippen LogP contribution in [0.2, 0.25) is 0 Å². The van der Waals surface area contributed by atoms with E-state index in [1.165, 1.54) is 7.05 Å². The van der Waals surface area contributed by atoms with Crippen molar-refractivity contribution in [2.75, 3.05) is 19.1 Å². The predicted octanol–water partition coefficient (Wildman–Crippen LogP) is 1.35. The molecule has 0 aromatic rings. The molecule has 0 radical (unpaired) electrons. The zero-order chi connectivity index (χ0) is 7.11. The van der Waals surface area contributed by atoms with Gasteiger partial charge in [0.2, 0.25) is 0 Å². The van der Waals surface area contributed by atoms with E-state index in [9.17, 15) is 4.79 Å². The van der Waals surface area contributed by atoms with Gasteiger partial charge in [-0.1, -0.05) is 0 Å². The molecule has 4 heteroatoms. The summed E-state index contributed by atoms with van der Waals surface area (Å²) in [7, 11) is 1.50. The van der Waals surface area contributed by atoms with Gasteiger partial charge in [0.1, 0.15) is 0 Å². The minimum atomic E-state index is -0.133. The van der Waals surface area contributed by atoms with Crippen molar-refractivity contribution in [2.24, 2.45) is 10.2 Å². The van der Waals surface area contributed by atoms with Crippen LogP contribution in [0.15, 0.2) is 10.2 Å². The third-order valence-corrected chi connectivity index (χ3v) is 1.34. The van der Waals surface area contributed by atoms with Gasteiger partial charge in [0.15, 0.2) is 0 Å². The molecule has 1 amide bonds. The van der Waals surface area contributed by atoms with Gasteiger partial charge in [0, 0.05) is 19.2 Å². The molecule has 9 heavy (non-hydrogen) atoms. The highest BCUT2D eigenvalue weighted by Gasteiger charge is 1.94. The van der Waals surface area contributed by atoms with E-state index in [1.807, 2.05) is 6.26 Å². The van der Waals surface area contributed by atoms with Crippen molar-refractivity contribution >= 4 is 17.7 Å². The second-order valence-corrected chi connectivity index (χ2v) is 2.42. The molecule has 0 rings (SSSR count). The fraction of sp³-hybridized carbons (Fsp3) is 0.800. The van der Waals surface area contributed by atoms with Crippen molar-refractivity contribution < 1.29 is 4.79 Å². The molecule has 0 aromatic heterocycles. The summed E-state index contributed by atoms with van der Waals surface area (Å²) in [6.45, 7) is 0. The molecule has 0 aliphatic rings. The van der Waals surface area contributed by atoms with Crippen molar-refractivity contribution in [1.29, 1.82) is 0 Å². The molecule has 52 valence electrons. The largest absolute Gasteiger partial charge is 0.271 e. The Morgan fingerprint density at radius 2 is 2.33 bits per heavy atom. The zero-order valence-electron chi connectivity index (χ0n) is 5.63. The van der Waals surface area contributed by atoms with Crippen LogP contribution in [0.25, 0.3) is 0 Å². The fourth-order valence-electron chi connectivity index (χ4n) is 0.351. The lowest BCUT2D eigenvalue weighted by molar-refractivity contribution is -0.117. The van der Waals surface area contributed by atoms with Gasteiger partial charge in [-0.3, -0.25) is 4.79 Å². The number of thioether (sulfide) groups is 1. The minimum Gasteiger partial charge on any atom is -0.271 e. The maximum absolute atomic E-state index is 10.5. The van der Waals surface area contributed by atoms with Gasteiger partial charge >= 0.3 is 0 Å². The Morgan fingerprint density at radius 1 is 1.67 bits per heavy atom. The highest BCUT2D eigenvalue weighted by Crippen LogP contribution is 1.96. The van der Waals surface area contributed by atoms with E-state index in [0.717, 1.165) is 5.75 Å². The van der Waals surface area contributed by atoms with Crippen LogP contribution in [0, 0.1) is 0 Å². The standard InChI is InChI=1S/C5H10N2OS/c1-6-7-5(8)3-4-9-2/h3-4H2,1-2H3/b7-6+. The van der Waals surface area contributed by atoms with Gasteiger partial charge in [-0.25, -0.2) is 0 Å². The monoisotopic (exact) mass is 146 g/mol. The van der Waals surface area contributed by atoms with E-state index in [0.29, 0.717) is 6.42 Å². The average Bonchev–Trinajstić information content (AvgIpc) is 1.85. The van der Waals surface area contributed by atoms with Gasteiger partial charge < -0.3 is 0 Å². The average molecular weight is 146 g/mol. The molecule has 0 heterocycles. The first-order valence-corrected chi connectivity index (χ1v) is 4.02. The van der Waals surface area contributed by atoms with Crippen molar-refractivity contribution in [3.63, 3.8) is 0 Å². The van der Waals surface area contributed by atoms with Crippen LogP contribution < -0.4 is 0 Å². The van der Waals surface area contributed by atoms with Crippen LogP contribution in [0.4, 0.5) is 0 Å². The molecule has 0 fully saturated rings. The van der Waals surface area contributed by atoms with Crippen LogP contribution >= 0.6 is 11.8 Å². The molecule has 0 aliphatic heterocycles. The Kier molecular flexibility index (Phi) is 5.51. The Bertz CT molecular complexity index is 114. The Hall–Kier alpha value is -0.380. The molecule has 0 spiro atoms. The minimum absolute atomic E-state index is 0.133. The molecule has 0 bridgehead atoms. The quantitative estimate of drug-likeness (QED) is 0.564. The maximum Gasteiger partial charge on any atom is 0.265 e. The van der Waals surface area contributed by atoms with Crippen LogP contribution in [0.1, 0.15) is 6.42 Å². The summed E-state index contributed by atoms with van der Waals surface area (Å²) < 4.78 is 0. The van der Waals surface area contributed by atoms with Crippen molar-refractivity contribution in [3.05, 3.63) is 0 Å². The molecule has 0 aromatic carbocycles. The topological polar surface area (TPSA) is 41.8 Å². The van der Waals surface area contributed by atoms with Gasteiger partial charge in [-0.05, 0) is 6.26 Å². The molecule has 0 atom stereocenters. The lowest BCUT2D eigenvalue weighted by atomic mass is 10.5. The molecule has 0 saturated carbocycles. The smallest absolute Gasteiger partial charge is 0.265 e. The Morgan fingerprint density at radius 3 is 2.78 bits per heavy atom. The van der Waals surface area contributed by atoms with Gasteiger partial charge in [0.05, 0.1) is 0 Å². The summed E-state index contributed by atoms with van der Waals surface area (Å²) in [5.74, 6) is 0.699. The van der Waals surface area contributed by atoms with Gasteiger partial charge in [0.25, 0.3) is 5.91 Å². The van der Waals surface area contributed by atoms with E-state index >= 15 is 0 Å². The van der Waals surface area contributed by atoms with Gasteiger partial charge in [-0.15, -0.1) is 5.11 Å². The number of azo groups is 1. The van der Waals surface area contributed by atoms with Crippen LogP contribution in [-0.2, 0) is 4.79 Å². The molecular formula is C5H10N2OS. The lowest BCUT2D eigenvalue weighted by Crippen LogP contribution is -1.92. The third-order valence-electron chi connectivity index (χ3n) is 0.732. The number of hydrogen-bond donors (Lipinski definition) is 0. The summed E-state index contributed by atoms with van der Waals surface area (Å²) >= 11 is 1.63. The van der Waals surface area contributed by atoms with Crippen molar-refractivity contribution in [3.8, 4) is 0 Å². The predicted molar refractivity (Wildman–Crippen MR) is 38.8 cm³/mol. The maximum atomic E-state index is 10.5. The third kappa shape index (κ3) is 5.49. The lowest BCUT2D eigenvalue weighted by Gasteiger charge is -1.87. The molecule has 3 nitrogen and oxygen atoms in total. The Labute approximate surface area is 58.9 Å². The van der Waals surface area contributed by atoms with Gasteiger partial charge in [-0.2, -0.15) is 16.9 Å². The van der Waals surface area contributed by atoms with Crippen LogP contribution in [0.5, 0.6) is 0 Å². The number of carbonyl (C=O) groups excluding carboxylic acids is 1. The normalized spacial score (nSPS) is 10.4. The second-order valence-electron chi connectivity index (χ2n) is 1.44. The number of carbonyl (C=O) groups is 1.